The maximum atomic E-state index is 3.23. The Kier molecular flexibility index (Phi) is 6.02. The molecule has 0 bridgehead atoms. The van der Waals surface area contributed by atoms with Crippen LogP contribution in [0, 0.1) is 20.3 Å². The van der Waals surface area contributed by atoms with Crippen LogP contribution in [-0.2, 0) is 18.5 Å². The van der Waals surface area contributed by atoms with Gasteiger partial charge in [0.2, 0.25) is 0 Å². The SMILES string of the molecule is CC1=Cc2c(C)cc(C)cc2[CH]1.[Br][Zr][Br]. The zero-order valence-electron chi connectivity index (χ0n) is 9.07. The summed E-state index contributed by atoms with van der Waals surface area (Å²) in [5, 5.41) is 0. The number of fused-ring (bicyclic) bond motifs is 1. The van der Waals surface area contributed by atoms with Gasteiger partial charge in [-0.05, 0) is 37.5 Å². The average molecular weight is 408 g/mol. The predicted molar refractivity (Wildman–Crippen MR) is 70.8 cm³/mol. The molecule has 1 aromatic rings. The maximum absolute atomic E-state index is 3.23. The second-order valence-corrected chi connectivity index (χ2v) is 15.0. The molecule has 1 radical (unpaired) electrons. The van der Waals surface area contributed by atoms with Crippen molar-refractivity contribution in [1.82, 2.24) is 0 Å². The van der Waals surface area contributed by atoms with Gasteiger partial charge in [-0.2, -0.15) is 0 Å². The van der Waals surface area contributed by atoms with Gasteiger partial charge >= 0.3 is 43.0 Å². The molecule has 0 spiro atoms. The van der Waals surface area contributed by atoms with Crippen LogP contribution < -0.4 is 0 Å². The Morgan fingerprint density at radius 1 is 1.07 bits per heavy atom. The summed E-state index contributed by atoms with van der Waals surface area (Å²) in [7, 11) is 0. The molecule has 0 aliphatic heterocycles. The molecule has 0 fully saturated rings. The van der Waals surface area contributed by atoms with Crippen molar-refractivity contribution in [2.75, 3.05) is 0 Å². The van der Waals surface area contributed by atoms with E-state index in [0.717, 1.165) is 0 Å². The van der Waals surface area contributed by atoms with E-state index < -0.39 is 0 Å². The van der Waals surface area contributed by atoms with Gasteiger partial charge in [0.1, 0.15) is 0 Å². The average Bonchev–Trinajstić information content (AvgIpc) is 2.47. The molecule has 0 N–H and O–H groups in total. The second kappa shape index (κ2) is 6.52. The van der Waals surface area contributed by atoms with Crippen LogP contribution in [0.3, 0.4) is 0 Å². The summed E-state index contributed by atoms with van der Waals surface area (Å²) < 4.78 is 0. The van der Waals surface area contributed by atoms with Crippen molar-refractivity contribution >= 4 is 30.5 Å². The molecule has 0 unspecified atom stereocenters. The summed E-state index contributed by atoms with van der Waals surface area (Å²) in [6, 6.07) is 4.48. The van der Waals surface area contributed by atoms with E-state index in [0.29, 0.717) is 0 Å². The molecular weight excluding hydrogens is 395 g/mol. The van der Waals surface area contributed by atoms with Crippen LogP contribution >= 0.6 is 24.4 Å². The van der Waals surface area contributed by atoms with Crippen LogP contribution in [-0.4, -0.2) is 0 Å². The van der Waals surface area contributed by atoms with Crippen molar-refractivity contribution < 1.29 is 18.5 Å². The first-order valence-electron chi connectivity index (χ1n) is 4.69. The van der Waals surface area contributed by atoms with Crippen LogP contribution in [0.5, 0.6) is 0 Å². The molecule has 0 saturated carbocycles. The van der Waals surface area contributed by atoms with Crippen LogP contribution in [0.1, 0.15) is 29.2 Å². The number of benzene rings is 1. The molecule has 1 aromatic carbocycles. The van der Waals surface area contributed by atoms with E-state index in [2.05, 4.69) is 69.8 Å². The van der Waals surface area contributed by atoms with E-state index in [4.69, 9.17) is 0 Å². The molecular formula is C12H13Br2Zr. The molecule has 15 heavy (non-hydrogen) atoms. The molecule has 0 nitrogen and oxygen atoms in total. The van der Waals surface area contributed by atoms with E-state index in [-0.39, 0.29) is 18.5 Å². The number of aryl methyl sites for hydroxylation is 2. The Morgan fingerprint density at radius 3 is 2.27 bits per heavy atom. The van der Waals surface area contributed by atoms with Gasteiger partial charge in [-0.3, -0.25) is 0 Å². The number of hydrogen-bond acceptors (Lipinski definition) is 0. The number of allylic oxidation sites excluding steroid dienone is 1. The van der Waals surface area contributed by atoms with E-state index in [1.165, 1.54) is 27.8 Å². The summed E-state index contributed by atoms with van der Waals surface area (Å²) in [6.45, 7) is 6.47. The number of hydrogen-bond donors (Lipinski definition) is 0. The molecule has 0 saturated heterocycles. The summed E-state index contributed by atoms with van der Waals surface area (Å²) in [5.41, 5.74) is 6.88. The molecule has 0 atom stereocenters. The van der Waals surface area contributed by atoms with Crippen molar-refractivity contribution in [3.8, 4) is 0 Å². The van der Waals surface area contributed by atoms with E-state index in [1.807, 2.05) is 0 Å². The van der Waals surface area contributed by atoms with Crippen molar-refractivity contribution in [2.45, 2.75) is 20.8 Å². The Morgan fingerprint density at radius 2 is 1.67 bits per heavy atom. The van der Waals surface area contributed by atoms with Gasteiger partial charge in [-0.25, -0.2) is 0 Å². The Labute approximate surface area is 115 Å². The Bertz CT molecular complexity index is 383. The molecule has 2 rings (SSSR count). The van der Waals surface area contributed by atoms with Gasteiger partial charge in [0, 0.05) is 6.42 Å². The van der Waals surface area contributed by atoms with E-state index in [9.17, 15) is 0 Å². The molecule has 0 aromatic heterocycles. The van der Waals surface area contributed by atoms with Crippen molar-refractivity contribution in [2.24, 2.45) is 0 Å². The fourth-order valence-corrected chi connectivity index (χ4v) is 1.84. The summed E-state index contributed by atoms with van der Waals surface area (Å²) in [5.74, 6) is 0. The van der Waals surface area contributed by atoms with Gasteiger partial charge < -0.3 is 0 Å². The number of halogens is 2. The second-order valence-electron chi connectivity index (χ2n) is 3.69. The molecule has 79 valence electrons. The third-order valence-electron chi connectivity index (χ3n) is 2.32. The fourth-order valence-electron chi connectivity index (χ4n) is 1.84. The summed E-state index contributed by atoms with van der Waals surface area (Å²) in [4.78, 5) is 0. The zero-order valence-corrected chi connectivity index (χ0v) is 14.7. The molecule has 0 heterocycles. The van der Waals surface area contributed by atoms with Crippen LogP contribution in [0.4, 0.5) is 0 Å². The van der Waals surface area contributed by atoms with Gasteiger partial charge in [0.05, 0.1) is 0 Å². The first-order valence-corrected chi connectivity index (χ1v) is 15.9. The van der Waals surface area contributed by atoms with Gasteiger partial charge in [-0.15, -0.1) is 0 Å². The minimum atomic E-state index is -0.145. The van der Waals surface area contributed by atoms with E-state index >= 15 is 0 Å². The van der Waals surface area contributed by atoms with Gasteiger partial charge in [0.15, 0.2) is 0 Å². The van der Waals surface area contributed by atoms with E-state index in [1.54, 1.807) is 0 Å². The topological polar surface area (TPSA) is 0 Å². The monoisotopic (exact) mass is 405 g/mol. The van der Waals surface area contributed by atoms with Gasteiger partial charge in [-0.1, -0.05) is 29.3 Å². The van der Waals surface area contributed by atoms with Crippen molar-refractivity contribution in [3.05, 3.63) is 46.4 Å². The quantitative estimate of drug-likeness (QED) is 0.569. The molecule has 0 amide bonds. The predicted octanol–water partition coefficient (Wildman–Crippen LogP) is 4.96. The normalized spacial score (nSPS) is 12.5. The van der Waals surface area contributed by atoms with Crippen LogP contribution in [0.15, 0.2) is 17.7 Å². The summed E-state index contributed by atoms with van der Waals surface area (Å²) >= 11 is 6.32. The molecule has 1 aliphatic carbocycles. The Balaban J connectivity index is 0.000000337. The van der Waals surface area contributed by atoms with Crippen LogP contribution in [0.2, 0.25) is 0 Å². The molecule has 1 aliphatic rings. The molecule has 3 heteroatoms. The third-order valence-corrected chi connectivity index (χ3v) is 2.32. The zero-order chi connectivity index (χ0) is 11.4. The first kappa shape index (κ1) is 13.9. The van der Waals surface area contributed by atoms with Crippen molar-refractivity contribution in [3.63, 3.8) is 0 Å². The number of rotatable bonds is 0. The summed E-state index contributed by atoms with van der Waals surface area (Å²) in [6.07, 6.45) is 4.50. The third kappa shape index (κ3) is 3.94. The minimum absolute atomic E-state index is 0.145. The van der Waals surface area contributed by atoms with Gasteiger partial charge in [0.25, 0.3) is 0 Å². The fraction of sp³-hybridized carbons (Fsp3) is 0.250. The first-order chi connectivity index (χ1) is 7.08. The van der Waals surface area contributed by atoms with Crippen LogP contribution in [0.25, 0.3) is 6.08 Å². The Hall–Kier alpha value is 0.803. The van der Waals surface area contributed by atoms with Crippen molar-refractivity contribution in [1.29, 1.82) is 0 Å². The standard InChI is InChI=1S/C12H13.2BrH.Zr/c1-8-4-10(3)12-7-9(2)6-11(12)5-8;;;/h4-7H,1-3H3;2*1H;/q;;;+2/p-2.